The summed E-state index contributed by atoms with van der Waals surface area (Å²) >= 11 is 0. The molecule has 0 saturated carbocycles. The lowest BCUT2D eigenvalue weighted by Gasteiger charge is -2.14. The summed E-state index contributed by atoms with van der Waals surface area (Å²) < 4.78 is 15.7. The topological polar surface area (TPSA) is 123 Å². The largest absolute Gasteiger partial charge is 0.478 e. The molecule has 0 aliphatic heterocycles. The van der Waals surface area contributed by atoms with Gasteiger partial charge in [0.05, 0.1) is 12.8 Å². The number of hydrogen-bond donors (Lipinski definition) is 1. The molecule has 0 aliphatic carbocycles. The number of rotatable bonds is 7. The molecule has 3 aromatic heterocycles. The third-order valence-electron chi connectivity index (χ3n) is 3.78. The Morgan fingerprint density at radius 2 is 2.15 bits per heavy atom. The van der Waals surface area contributed by atoms with E-state index in [0.717, 1.165) is 0 Å². The Bertz CT molecular complexity index is 909. The summed E-state index contributed by atoms with van der Waals surface area (Å²) in [6.07, 6.45) is 1.96. The Labute approximate surface area is 148 Å². The van der Waals surface area contributed by atoms with Crippen LogP contribution in [-0.4, -0.2) is 39.1 Å². The van der Waals surface area contributed by atoms with Gasteiger partial charge in [0.15, 0.2) is 5.76 Å². The Morgan fingerprint density at radius 3 is 2.81 bits per heavy atom. The zero-order chi connectivity index (χ0) is 18.7. The van der Waals surface area contributed by atoms with Gasteiger partial charge in [-0.15, -0.1) is 0 Å². The predicted molar refractivity (Wildman–Crippen MR) is 87.2 cm³/mol. The van der Waals surface area contributed by atoms with Crippen molar-refractivity contribution in [2.45, 2.75) is 26.3 Å². The number of amides is 1. The molecule has 0 aromatic carbocycles. The molecule has 1 amide bonds. The molecule has 0 unspecified atom stereocenters. The molecule has 0 radical (unpaired) electrons. The first-order valence-corrected chi connectivity index (χ1v) is 7.87. The minimum absolute atomic E-state index is 0.0946. The molecule has 0 bridgehead atoms. The third-order valence-corrected chi connectivity index (χ3v) is 3.78. The highest BCUT2D eigenvalue weighted by Gasteiger charge is 2.18. The summed E-state index contributed by atoms with van der Waals surface area (Å²) in [5, 5.41) is 12.8. The first kappa shape index (κ1) is 17.5. The van der Waals surface area contributed by atoms with Crippen molar-refractivity contribution >= 4 is 11.9 Å². The molecule has 136 valence electrons. The lowest BCUT2D eigenvalue weighted by atomic mass is 10.2. The minimum Gasteiger partial charge on any atom is -0.478 e. The van der Waals surface area contributed by atoms with Crippen LogP contribution in [0.3, 0.4) is 0 Å². The highest BCUT2D eigenvalue weighted by molar-refractivity contribution is 5.88. The van der Waals surface area contributed by atoms with Crippen LogP contribution < -0.4 is 0 Å². The van der Waals surface area contributed by atoms with Gasteiger partial charge >= 0.3 is 5.97 Å². The van der Waals surface area contributed by atoms with E-state index < -0.39 is 5.97 Å². The van der Waals surface area contributed by atoms with Gasteiger partial charge in [-0.05, 0) is 25.1 Å². The smallest absolute Gasteiger partial charge is 0.339 e. The molecule has 0 aliphatic rings. The van der Waals surface area contributed by atoms with Crippen molar-refractivity contribution in [1.82, 2.24) is 15.0 Å². The van der Waals surface area contributed by atoms with Gasteiger partial charge in [0.1, 0.15) is 17.1 Å². The van der Waals surface area contributed by atoms with Gasteiger partial charge in [-0.25, -0.2) is 4.79 Å². The fourth-order valence-electron chi connectivity index (χ4n) is 2.42. The van der Waals surface area contributed by atoms with Crippen LogP contribution in [0.4, 0.5) is 0 Å². The molecule has 26 heavy (non-hydrogen) atoms. The molecule has 3 heterocycles. The molecule has 0 fully saturated rings. The maximum absolute atomic E-state index is 12.2. The summed E-state index contributed by atoms with van der Waals surface area (Å²) in [5.74, 6) is 0.659. The molecule has 9 heteroatoms. The standard InChI is InChI=1S/C17H17N3O6/c1-10-12(17(22)23)8-11(25-10)9-20(2)15(21)6-5-14-18-16(19-26-14)13-4-3-7-24-13/h3-4,7-8H,5-6,9H2,1-2H3,(H,22,23). The maximum atomic E-state index is 12.2. The fraction of sp³-hybridized carbons (Fsp3) is 0.294. The molecule has 3 rings (SSSR count). The van der Waals surface area contributed by atoms with Gasteiger partial charge in [0, 0.05) is 19.9 Å². The fourth-order valence-corrected chi connectivity index (χ4v) is 2.42. The van der Waals surface area contributed by atoms with E-state index in [2.05, 4.69) is 10.1 Å². The van der Waals surface area contributed by atoms with E-state index in [9.17, 15) is 9.59 Å². The van der Waals surface area contributed by atoms with Crippen LogP contribution >= 0.6 is 0 Å². The van der Waals surface area contributed by atoms with Crippen molar-refractivity contribution in [2.75, 3.05) is 7.05 Å². The Kier molecular flexibility index (Phi) is 4.87. The maximum Gasteiger partial charge on any atom is 0.339 e. The minimum atomic E-state index is -1.06. The summed E-state index contributed by atoms with van der Waals surface area (Å²) in [6.45, 7) is 1.75. The SMILES string of the molecule is Cc1oc(CN(C)C(=O)CCc2nc(-c3ccco3)no2)cc1C(=O)O. The van der Waals surface area contributed by atoms with Crippen molar-refractivity contribution in [3.8, 4) is 11.6 Å². The first-order chi connectivity index (χ1) is 12.4. The molecule has 0 spiro atoms. The van der Waals surface area contributed by atoms with Crippen molar-refractivity contribution in [3.63, 3.8) is 0 Å². The van der Waals surface area contributed by atoms with E-state index in [1.54, 1.807) is 26.1 Å². The van der Waals surface area contributed by atoms with E-state index in [4.69, 9.17) is 18.5 Å². The highest BCUT2D eigenvalue weighted by Crippen LogP contribution is 2.18. The Morgan fingerprint density at radius 1 is 1.35 bits per heavy atom. The van der Waals surface area contributed by atoms with Crippen molar-refractivity contribution in [3.05, 3.63) is 47.4 Å². The quantitative estimate of drug-likeness (QED) is 0.682. The van der Waals surface area contributed by atoms with E-state index in [1.807, 2.05) is 0 Å². The number of furan rings is 2. The van der Waals surface area contributed by atoms with E-state index >= 15 is 0 Å². The van der Waals surface area contributed by atoms with Crippen LogP contribution in [0.15, 0.2) is 37.8 Å². The third kappa shape index (κ3) is 3.82. The molecular formula is C17H17N3O6. The van der Waals surface area contributed by atoms with Gasteiger partial charge < -0.3 is 23.4 Å². The number of carbonyl (C=O) groups excluding carboxylic acids is 1. The van der Waals surface area contributed by atoms with Crippen molar-refractivity contribution in [2.24, 2.45) is 0 Å². The molecule has 0 atom stereocenters. The lowest BCUT2D eigenvalue weighted by Crippen LogP contribution is -2.26. The average molecular weight is 359 g/mol. The first-order valence-electron chi connectivity index (χ1n) is 7.87. The number of aromatic nitrogens is 2. The zero-order valence-corrected chi connectivity index (χ0v) is 14.3. The number of carbonyl (C=O) groups is 2. The van der Waals surface area contributed by atoms with Gasteiger partial charge in [-0.2, -0.15) is 4.98 Å². The second-order valence-corrected chi connectivity index (χ2v) is 5.73. The molecular weight excluding hydrogens is 342 g/mol. The Hall–Kier alpha value is -3.36. The normalized spacial score (nSPS) is 10.8. The van der Waals surface area contributed by atoms with Crippen LogP contribution in [0.1, 0.15) is 34.2 Å². The van der Waals surface area contributed by atoms with Gasteiger partial charge in [-0.1, -0.05) is 5.16 Å². The summed E-state index contributed by atoms with van der Waals surface area (Å²) in [7, 11) is 1.61. The Balaban J connectivity index is 1.54. The van der Waals surface area contributed by atoms with Crippen LogP contribution in [0.5, 0.6) is 0 Å². The number of aromatic carboxylic acids is 1. The monoisotopic (exact) mass is 359 g/mol. The average Bonchev–Trinajstić information content (AvgIpc) is 3.32. The molecule has 9 nitrogen and oxygen atoms in total. The number of carboxylic acids is 1. The number of nitrogens with zero attached hydrogens (tertiary/aromatic N) is 3. The molecule has 1 N–H and O–H groups in total. The van der Waals surface area contributed by atoms with Crippen LogP contribution in [0.2, 0.25) is 0 Å². The number of aryl methyl sites for hydroxylation is 2. The summed E-state index contributed by atoms with van der Waals surface area (Å²) in [4.78, 5) is 28.9. The van der Waals surface area contributed by atoms with Crippen molar-refractivity contribution < 1.29 is 28.1 Å². The van der Waals surface area contributed by atoms with Crippen LogP contribution in [0, 0.1) is 6.92 Å². The lowest BCUT2D eigenvalue weighted by molar-refractivity contribution is -0.130. The van der Waals surface area contributed by atoms with Gasteiger partial charge in [-0.3, -0.25) is 4.79 Å². The van der Waals surface area contributed by atoms with E-state index in [1.165, 1.54) is 17.2 Å². The number of carboxylic acid groups (broad SMARTS) is 1. The van der Waals surface area contributed by atoms with Crippen LogP contribution in [0.25, 0.3) is 11.6 Å². The summed E-state index contributed by atoms with van der Waals surface area (Å²) in [5.41, 5.74) is 0.0946. The predicted octanol–water partition coefficient (Wildman–Crippen LogP) is 2.52. The highest BCUT2D eigenvalue weighted by atomic mass is 16.5. The van der Waals surface area contributed by atoms with E-state index in [-0.39, 0.29) is 30.9 Å². The number of hydrogen-bond acceptors (Lipinski definition) is 7. The van der Waals surface area contributed by atoms with Crippen LogP contribution in [-0.2, 0) is 17.8 Å². The van der Waals surface area contributed by atoms with Crippen molar-refractivity contribution in [1.29, 1.82) is 0 Å². The van der Waals surface area contributed by atoms with Gasteiger partial charge in [0.25, 0.3) is 0 Å². The van der Waals surface area contributed by atoms with Gasteiger partial charge in [0.2, 0.25) is 17.6 Å². The second-order valence-electron chi connectivity index (χ2n) is 5.73. The second kappa shape index (κ2) is 7.26. The zero-order valence-electron chi connectivity index (χ0n) is 14.3. The summed E-state index contributed by atoms with van der Waals surface area (Å²) in [6, 6.07) is 4.86. The molecule has 0 saturated heterocycles. The molecule has 3 aromatic rings. The van der Waals surface area contributed by atoms with E-state index in [0.29, 0.717) is 29.0 Å².